The lowest BCUT2D eigenvalue weighted by molar-refractivity contribution is -0.125. The second-order valence-corrected chi connectivity index (χ2v) is 7.20. The van der Waals surface area contributed by atoms with E-state index in [0.717, 1.165) is 28.4 Å². The van der Waals surface area contributed by atoms with Crippen molar-refractivity contribution in [3.63, 3.8) is 0 Å². The molecule has 4 rings (SSSR count). The average molecular weight is 388 g/mol. The van der Waals surface area contributed by atoms with Crippen molar-refractivity contribution in [1.29, 1.82) is 0 Å². The van der Waals surface area contributed by atoms with Gasteiger partial charge < -0.3 is 15.0 Å². The molecule has 0 bridgehead atoms. The van der Waals surface area contributed by atoms with Crippen molar-refractivity contribution in [2.24, 2.45) is 5.92 Å². The molecule has 29 heavy (non-hydrogen) atoms. The molecular formula is C23H24N4O2. The van der Waals surface area contributed by atoms with Crippen LogP contribution in [-0.2, 0) is 17.8 Å². The number of rotatable bonds is 7. The molecule has 0 unspecified atom stereocenters. The smallest absolute Gasteiger partial charge is 0.226 e. The number of hydrogen-bond acceptors (Lipinski definition) is 5. The van der Waals surface area contributed by atoms with Crippen LogP contribution in [-0.4, -0.2) is 36.1 Å². The van der Waals surface area contributed by atoms with Gasteiger partial charge in [-0.1, -0.05) is 42.5 Å². The van der Waals surface area contributed by atoms with Gasteiger partial charge in [-0.15, -0.1) is 0 Å². The molecule has 6 heteroatoms. The van der Waals surface area contributed by atoms with E-state index in [1.54, 1.807) is 19.5 Å². The first-order valence-electron chi connectivity index (χ1n) is 9.71. The predicted molar refractivity (Wildman–Crippen MR) is 112 cm³/mol. The summed E-state index contributed by atoms with van der Waals surface area (Å²) in [4.78, 5) is 23.5. The van der Waals surface area contributed by atoms with Crippen molar-refractivity contribution in [2.45, 2.75) is 13.0 Å². The number of amides is 1. The van der Waals surface area contributed by atoms with Crippen LogP contribution in [0.3, 0.4) is 0 Å². The predicted octanol–water partition coefficient (Wildman–Crippen LogP) is 2.83. The summed E-state index contributed by atoms with van der Waals surface area (Å²) < 4.78 is 5.28. The Morgan fingerprint density at radius 2 is 1.90 bits per heavy atom. The van der Waals surface area contributed by atoms with Gasteiger partial charge in [0.25, 0.3) is 0 Å². The molecule has 0 spiro atoms. The number of carbonyl (C=O) groups is 1. The van der Waals surface area contributed by atoms with Gasteiger partial charge in [0.15, 0.2) is 0 Å². The third-order valence-electron chi connectivity index (χ3n) is 5.08. The quantitative estimate of drug-likeness (QED) is 0.674. The first-order valence-corrected chi connectivity index (χ1v) is 9.71. The highest BCUT2D eigenvalue weighted by molar-refractivity contribution is 5.81. The second kappa shape index (κ2) is 8.73. The topological polar surface area (TPSA) is 67.3 Å². The molecule has 1 aliphatic heterocycles. The van der Waals surface area contributed by atoms with Crippen molar-refractivity contribution in [1.82, 2.24) is 15.3 Å². The van der Waals surface area contributed by atoms with Crippen LogP contribution in [0.4, 0.5) is 5.82 Å². The fraction of sp³-hybridized carbons (Fsp3) is 0.261. The Bertz CT molecular complexity index is 971. The van der Waals surface area contributed by atoms with Crippen LogP contribution in [0.2, 0.25) is 0 Å². The number of nitrogens with zero attached hydrogens (tertiary/aromatic N) is 3. The molecule has 2 aromatic carbocycles. The summed E-state index contributed by atoms with van der Waals surface area (Å²) in [6.07, 6.45) is 4.23. The van der Waals surface area contributed by atoms with Gasteiger partial charge in [0, 0.05) is 32.3 Å². The van der Waals surface area contributed by atoms with Crippen molar-refractivity contribution in [3.05, 3.63) is 83.8 Å². The first kappa shape index (κ1) is 18.9. The SMILES string of the molecule is COc1cccc(Cc2cncc(N3CC(C(=O)NCc4ccccc4)C3)n2)c1. The molecule has 2 heterocycles. The number of aromatic nitrogens is 2. The molecule has 1 aromatic heterocycles. The van der Waals surface area contributed by atoms with E-state index in [0.29, 0.717) is 26.1 Å². The maximum Gasteiger partial charge on any atom is 0.226 e. The average Bonchev–Trinajstić information content (AvgIpc) is 2.72. The van der Waals surface area contributed by atoms with Crippen molar-refractivity contribution < 1.29 is 9.53 Å². The van der Waals surface area contributed by atoms with Gasteiger partial charge in [-0.05, 0) is 23.3 Å². The second-order valence-electron chi connectivity index (χ2n) is 7.20. The summed E-state index contributed by atoms with van der Waals surface area (Å²) in [6, 6.07) is 17.9. The Morgan fingerprint density at radius 3 is 2.69 bits per heavy atom. The molecule has 148 valence electrons. The highest BCUT2D eigenvalue weighted by atomic mass is 16.5. The third kappa shape index (κ3) is 4.71. The highest BCUT2D eigenvalue weighted by Crippen LogP contribution is 2.23. The molecule has 0 aliphatic carbocycles. The molecule has 0 radical (unpaired) electrons. The number of nitrogens with one attached hydrogen (secondary N) is 1. The fourth-order valence-corrected chi connectivity index (χ4v) is 3.38. The first-order chi connectivity index (χ1) is 14.2. The summed E-state index contributed by atoms with van der Waals surface area (Å²) in [5.74, 6) is 1.73. The minimum atomic E-state index is -0.0115. The molecule has 1 fully saturated rings. The maximum atomic E-state index is 12.4. The van der Waals surface area contributed by atoms with Crippen LogP contribution in [0.1, 0.15) is 16.8 Å². The number of ether oxygens (including phenoxy) is 1. The monoisotopic (exact) mass is 388 g/mol. The van der Waals surface area contributed by atoms with E-state index in [1.165, 1.54) is 0 Å². The summed E-state index contributed by atoms with van der Waals surface area (Å²) in [5, 5.41) is 3.01. The summed E-state index contributed by atoms with van der Waals surface area (Å²) in [7, 11) is 1.66. The minimum Gasteiger partial charge on any atom is -0.497 e. The van der Waals surface area contributed by atoms with Crippen LogP contribution in [0.25, 0.3) is 0 Å². The van der Waals surface area contributed by atoms with Gasteiger partial charge in [-0.3, -0.25) is 9.78 Å². The zero-order chi connectivity index (χ0) is 20.1. The minimum absolute atomic E-state index is 0.0115. The van der Waals surface area contributed by atoms with E-state index in [-0.39, 0.29) is 11.8 Å². The Balaban J connectivity index is 1.31. The molecular weight excluding hydrogens is 364 g/mol. The van der Waals surface area contributed by atoms with Gasteiger partial charge in [0.2, 0.25) is 5.91 Å². The van der Waals surface area contributed by atoms with E-state index >= 15 is 0 Å². The zero-order valence-electron chi connectivity index (χ0n) is 16.4. The number of benzene rings is 2. The van der Waals surface area contributed by atoms with E-state index < -0.39 is 0 Å². The van der Waals surface area contributed by atoms with Gasteiger partial charge in [0.05, 0.1) is 24.9 Å². The van der Waals surface area contributed by atoms with Crippen LogP contribution >= 0.6 is 0 Å². The number of hydrogen-bond donors (Lipinski definition) is 1. The number of carbonyl (C=O) groups excluding carboxylic acids is 1. The highest BCUT2D eigenvalue weighted by Gasteiger charge is 2.33. The maximum absolute atomic E-state index is 12.4. The van der Waals surface area contributed by atoms with Gasteiger partial charge in [-0.25, -0.2) is 4.98 Å². The van der Waals surface area contributed by atoms with E-state index in [1.807, 2.05) is 54.6 Å². The lowest BCUT2D eigenvalue weighted by Gasteiger charge is -2.39. The van der Waals surface area contributed by atoms with Crippen molar-refractivity contribution in [3.8, 4) is 5.75 Å². The molecule has 1 amide bonds. The lowest BCUT2D eigenvalue weighted by Crippen LogP contribution is -2.54. The van der Waals surface area contributed by atoms with Gasteiger partial charge in [0.1, 0.15) is 11.6 Å². The summed E-state index contributed by atoms with van der Waals surface area (Å²) in [5.41, 5.74) is 3.12. The Labute approximate surface area is 170 Å². The standard InChI is InChI=1S/C23H24N4O2/c1-29-21-9-5-8-18(11-21)10-20-13-24-14-22(26-20)27-15-19(16-27)23(28)25-12-17-6-3-2-4-7-17/h2-9,11,13-14,19H,10,12,15-16H2,1H3,(H,25,28). The van der Waals surface area contributed by atoms with Crippen LogP contribution in [0, 0.1) is 5.92 Å². The van der Waals surface area contributed by atoms with E-state index in [2.05, 4.69) is 15.2 Å². The number of methoxy groups -OCH3 is 1. The van der Waals surface area contributed by atoms with Crippen molar-refractivity contribution >= 4 is 11.7 Å². The van der Waals surface area contributed by atoms with Gasteiger partial charge >= 0.3 is 0 Å². The van der Waals surface area contributed by atoms with E-state index in [9.17, 15) is 4.79 Å². The molecule has 1 saturated heterocycles. The summed E-state index contributed by atoms with van der Waals surface area (Å²) >= 11 is 0. The van der Waals surface area contributed by atoms with Crippen LogP contribution in [0.5, 0.6) is 5.75 Å². The van der Waals surface area contributed by atoms with Gasteiger partial charge in [-0.2, -0.15) is 0 Å². The molecule has 0 saturated carbocycles. The Kier molecular flexibility index (Phi) is 5.70. The zero-order valence-corrected chi connectivity index (χ0v) is 16.4. The van der Waals surface area contributed by atoms with Crippen molar-refractivity contribution in [2.75, 3.05) is 25.1 Å². The molecule has 0 atom stereocenters. The molecule has 6 nitrogen and oxygen atoms in total. The molecule has 1 N–H and O–H groups in total. The van der Waals surface area contributed by atoms with Crippen LogP contribution in [0.15, 0.2) is 67.0 Å². The number of anilines is 1. The largest absolute Gasteiger partial charge is 0.497 e. The van der Waals surface area contributed by atoms with E-state index in [4.69, 9.17) is 9.72 Å². The molecule has 3 aromatic rings. The normalized spacial score (nSPS) is 13.6. The lowest BCUT2D eigenvalue weighted by atomic mass is 9.99. The fourth-order valence-electron chi connectivity index (χ4n) is 3.38. The Hall–Kier alpha value is -3.41. The Morgan fingerprint density at radius 1 is 1.10 bits per heavy atom. The third-order valence-corrected chi connectivity index (χ3v) is 5.08. The summed E-state index contributed by atoms with van der Waals surface area (Å²) in [6.45, 7) is 1.89. The molecule has 1 aliphatic rings. The van der Waals surface area contributed by atoms with Crippen LogP contribution < -0.4 is 15.0 Å².